The highest BCUT2D eigenvalue weighted by atomic mass is 16.3. The van der Waals surface area contributed by atoms with Crippen LogP contribution in [0.5, 0.6) is 0 Å². The summed E-state index contributed by atoms with van der Waals surface area (Å²) < 4.78 is 0. The van der Waals surface area contributed by atoms with Gasteiger partial charge in [-0.15, -0.1) is 0 Å². The lowest BCUT2D eigenvalue weighted by Gasteiger charge is -2.25. The predicted molar refractivity (Wildman–Crippen MR) is 71.4 cm³/mol. The maximum absolute atomic E-state index is 10.2. The van der Waals surface area contributed by atoms with Gasteiger partial charge in [0.05, 0.1) is 6.10 Å². The number of azide groups is 1. The van der Waals surface area contributed by atoms with Gasteiger partial charge in [-0.3, -0.25) is 0 Å². The first-order chi connectivity index (χ1) is 9.24. The Balaban J connectivity index is 2.14. The third-order valence-electron chi connectivity index (χ3n) is 3.45. The van der Waals surface area contributed by atoms with Gasteiger partial charge in [-0.05, 0) is 41.6 Å². The smallest absolute Gasteiger partial charge is 0.105 e. The molecule has 0 aliphatic carbocycles. The summed E-state index contributed by atoms with van der Waals surface area (Å²) in [5.74, 6) is 0. The molecule has 0 aromatic heterocycles. The Kier molecular flexibility index (Phi) is 4.76. The molecular weight excluding hydrogens is 244 g/mol. The molecule has 1 aromatic rings. The highest BCUT2D eigenvalue weighted by molar-refractivity contribution is 5.38. The van der Waals surface area contributed by atoms with Crippen molar-refractivity contribution in [2.24, 2.45) is 5.11 Å². The van der Waals surface area contributed by atoms with Gasteiger partial charge >= 0.3 is 0 Å². The van der Waals surface area contributed by atoms with Gasteiger partial charge in [-0.1, -0.05) is 23.3 Å². The SMILES string of the molecule is [N-]=[N+]=NCCC(O)C(O)c1cccc2c1CCNC2. The zero-order chi connectivity index (χ0) is 13.7. The molecule has 2 unspecified atom stereocenters. The third-order valence-corrected chi connectivity index (χ3v) is 3.45. The highest BCUT2D eigenvalue weighted by Gasteiger charge is 2.23. The molecule has 0 bridgehead atoms. The average Bonchev–Trinajstić information content (AvgIpc) is 2.46. The minimum atomic E-state index is -0.929. The van der Waals surface area contributed by atoms with Crippen LogP contribution in [0.25, 0.3) is 10.4 Å². The van der Waals surface area contributed by atoms with Gasteiger partial charge in [0.15, 0.2) is 0 Å². The summed E-state index contributed by atoms with van der Waals surface area (Å²) in [6.07, 6.45) is -0.729. The van der Waals surface area contributed by atoms with Crippen molar-refractivity contribution < 1.29 is 10.2 Å². The normalized spacial score (nSPS) is 17.2. The fraction of sp³-hybridized carbons (Fsp3) is 0.538. The number of aliphatic hydroxyl groups is 2. The van der Waals surface area contributed by atoms with E-state index in [-0.39, 0.29) is 13.0 Å². The molecule has 0 saturated heterocycles. The summed E-state index contributed by atoms with van der Waals surface area (Å²) in [5, 5.41) is 26.8. The van der Waals surface area contributed by atoms with Crippen LogP contribution in [0.1, 0.15) is 29.2 Å². The Bertz CT molecular complexity index is 486. The number of nitrogens with zero attached hydrogens (tertiary/aromatic N) is 3. The van der Waals surface area contributed by atoms with Gasteiger partial charge in [0.2, 0.25) is 0 Å². The molecule has 19 heavy (non-hydrogen) atoms. The molecule has 0 radical (unpaired) electrons. The highest BCUT2D eigenvalue weighted by Crippen LogP contribution is 2.27. The maximum atomic E-state index is 10.2. The molecule has 2 rings (SSSR count). The quantitative estimate of drug-likeness (QED) is 0.425. The molecule has 6 heteroatoms. The Morgan fingerprint density at radius 1 is 1.42 bits per heavy atom. The van der Waals surface area contributed by atoms with E-state index in [9.17, 15) is 10.2 Å². The summed E-state index contributed by atoms with van der Waals surface area (Å²) in [5.41, 5.74) is 11.3. The van der Waals surface area contributed by atoms with Gasteiger partial charge in [0.1, 0.15) is 6.10 Å². The first kappa shape index (κ1) is 13.8. The van der Waals surface area contributed by atoms with Crippen LogP contribution in [0, 0.1) is 0 Å². The van der Waals surface area contributed by atoms with Crippen molar-refractivity contribution in [3.8, 4) is 0 Å². The fourth-order valence-corrected chi connectivity index (χ4v) is 2.44. The van der Waals surface area contributed by atoms with Crippen molar-refractivity contribution in [1.29, 1.82) is 0 Å². The van der Waals surface area contributed by atoms with Crippen LogP contribution >= 0.6 is 0 Å². The van der Waals surface area contributed by atoms with E-state index in [0.717, 1.165) is 30.6 Å². The lowest BCUT2D eigenvalue weighted by atomic mass is 9.90. The zero-order valence-electron chi connectivity index (χ0n) is 10.7. The fourth-order valence-electron chi connectivity index (χ4n) is 2.44. The molecule has 1 aromatic carbocycles. The van der Waals surface area contributed by atoms with Crippen molar-refractivity contribution in [3.63, 3.8) is 0 Å². The molecule has 1 heterocycles. The molecule has 1 aliphatic rings. The van der Waals surface area contributed by atoms with Crippen LogP contribution in [-0.4, -0.2) is 29.4 Å². The molecule has 1 aliphatic heterocycles. The van der Waals surface area contributed by atoms with Gasteiger partial charge in [-0.25, -0.2) is 0 Å². The number of benzene rings is 1. The van der Waals surface area contributed by atoms with E-state index in [2.05, 4.69) is 15.3 Å². The van der Waals surface area contributed by atoms with Gasteiger partial charge in [0, 0.05) is 18.0 Å². The average molecular weight is 262 g/mol. The van der Waals surface area contributed by atoms with Crippen LogP contribution in [-0.2, 0) is 13.0 Å². The topological polar surface area (TPSA) is 101 Å². The number of aliphatic hydroxyl groups excluding tert-OH is 2. The lowest BCUT2D eigenvalue weighted by Crippen LogP contribution is -2.27. The molecule has 0 saturated carbocycles. The third kappa shape index (κ3) is 3.24. The summed E-state index contributed by atoms with van der Waals surface area (Å²) in [7, 11) is 0. The second-order valence-corrected chi connectivity index (χ2v) is 4.67. The van der Waals surface area contributed by atoms with E-state index in [1.807, 2.05) is 18.2 Å². The molecule has 6 nitrogen and oxygen atoms in total. The zero-order valence-corrected chi connectivity index (χ0v) is 10.7. The van der Waals surface area contributed by atoms with E-state index in [4.69, 9.17) is 5.53 Å². The maximum Gasteiger partial charge on any atom is 0.105 e. The van der Waals surface area contributed by atoms with E-state index < -0.39 is 12.2 Å². The molecule has 0 amide bonds. The molecular formula is C13H18N4O2. The Hall–Kier alpha value is -1.59. The first-order valence-corrected chi connectivity index (χ1v) is 6.42. The van der Waals surface area contributed by atoms with Crippen molar-refractivity contribution in [1.82, 2.24) is 5.32 Å². The largest absolute Gasteiger partial charge is 0.390 e. The standard InChI is InChI=1S/C13H18N4O2/c14-17-16-7-5-12(18)13(19)11-3-1-2-9-8-15-6-4-10(9)11/h1-3,12-13,15,18-19H,4-8H2. The molecule has 0 spiro atoms. The van der Waals surface area contributed by atoms with Crippen LogP contribution in [0.3, 0.4) is 0 Å². The predicted octanol–water partition coefficient (Wildman–Crippen LogP) is 1.43. The first-order valence-electron chi connectivity index (χ1n) is 6.42. The second-order valence-electron chi connectivity index (χ2n) is 4.67. The van der Waals surface area contributed by atoms with Gasteiger partial charge in [0.25, 0.3) is 0 Å². The second kappa shape index (κ2) is 6.54. The van der Waals surface area contributed by atoms with Crippen molar-refractivity contribution >= 4 is 0 Å². The van der Waals surface area contributed by atoms with Crippen LogP contribution in [0.4, 0.5) is 0 Å². The Morgan fingerprint density at radius 3 is 3.05 bits per heavy atom. The summed E-state index contributed by atoms with van der Waals surface area (Å²) in [6.45, 7) is 1.86. The minimum Gasteiger partial charge on any atom is -0.390 e. The van der Waals surface area contributed by atoms with E-state index in [1.54, 1.807) is 0 Å². The summed E-state index contributed by atoms with van der Waals surface area (Å²) in [6, 6.07) is 5.78. The van der Waals surface area contributed by atoms with Crippen molar-refractivity contribution in [3.05, 3.63) is 45.3 Å². The van der Waals surface area contributed by atoms with Crippen LogP contribution < -0.4 is 5.32 Å². The number of rotatable bonds is 5. The summed E-state index contributed by atoms with van der Waals surface area (Å²) in [4.78, 5) is 2.63. The van der Waals surface area contributed by atoms with Gasteiger partial charge in [-0.2, -0.15) is 0 Å². The van der Waals surface area contributed by atoms with Crippen molar-refractivity contribution in [2.75, 3.05) is 13.1 Å². The monoisotopic (exact) mass is 262 g/mol. The van der Waals surface area contributed by atoms with Crippen molar-refractivity contribution in [2.45, 2.75) is 31.6 Å². The molecule has 102 valence electrons. The number of hydrogen-bond donors (Lipinski definition) is 3. The Morgan fingerprint density at radius 2 is 2.26 bits per heavy atom. The number of nitrogens with one attached hydrogen (secondary N) is 1. The summed E-state index contributed by atoms with van der Waals surface area (Å²) >= 11 is 0. The van der Waals surface area contributed by atoms with Crippen LogP contribution in [0.2, 0.25) is 0 Å². The van der Waals surface area contributed by atoms with Gasteiger partial charge < -0.3 is 15.5 Å². The number of hydrogen-bond acceptors (Lipinski definition) is 4. The van der Waals surface area contributed by atoms with E-state index in [1.165, 1.54) is 5.56 Å². The number of fused-ring (bicyclic) bond motifs is 1. The molecule has 2 atom stereocenters. The van der Waals surface area contributed by atoms with E-state index in [0.29, 0.717) is 0 Å². The Labute approximate surface area is 111 Å². The lowest BCUT2D eigenvalue weighted by molar-refractivity contribution is 0.0144. The molecule has 3 N–H and O–H groups in total. The minimum absolute atomic E-state index is 0.186. The van der Waals surface area contributed by atoms with Crippen LogP contribution in [0.15, 0.2) is 23.3 Å². The van der Waals surface area contributed by atoms with E-state index >= 15 is 0 Å². The molecule has 0 fully saturated rings.